The molecule has 0 saturated heterocycles. The normalized spacial score (nSPS) is 13.9. The Morgan fingerprint density at radius 1 is 1.30 bits per heavy atom. The maximum absolute atomic E-state index is 10.8. The van der Waals surface area contributed by atoms with Crippen LogP contribution in [-0.2, 0) is 4.79 Å². The molecule has 2 unspecified atom stereocenters. The van der Waals surface area contributed by atoms with Crippen LogP contribution in [0.3, 0.4) is 0 Å². The number of benzene rings is 1. The minimum Gasteiger partial charge on any atom is -0.390 e. The Morgan fingerprint density at radius 2 is 2.05 bits per heavy atom. The summed E-state index contributed by atoms with van der Waals surface area (Å²) in [7, 11) is 0. The van der Waals surface area contributed by atoms with Crippen molar-refractivity contribution in [1.82, 2.24) is 10.3 Å². The molecule has 0 aliphatic heterocycles. The third kappa shape index (κ3) is 3.31. The first kappa shape index (κ1) is 14.4. The van der Waals surface area contributed by atoms with E-state index in [2.05, 4.69) is 10.3 Å². The summed E-state index contributed by atoms with van der Waals surface area (Å²) >= 11 is 0. The van der Waals surface area contributed by atoms with Crippen LogP contribution in [0.25, 0.3) is 10.8 Å². The third-order valence-electron chi connectivity index (χ3n) is 3.20. The molecular formula is C15H18N2O3. The topological polar surface area (TPSA) is 82.5 Å². The highest BCUT2D eigenvalue weighted by atomic mass is 16.3. The van der Waals surface area contributed by atoms with Gasteiger partial charge >= 0.3 is 0 Å². The van der Waals surface area contributed by atoms with Gasteiger partial charge in [0.25, 0.3) is 0 Å². The zero-order valence-electron chi connectivity index (χ0n) is 11.3. The van der Waals surface area contributed by atoms with Gasteiger partial charge in [-0.15, -0.1) is 0 Å². The van der Waals surface area contributed by atoms with Crippen LogP contribution >= 0.6 is 0 Å². The second-order valence-corrected chi connectivity index (χ2v) is 4.73. The summed E-state index contributed by atoms with van der Waals surface area (Å²) in [6.45, 7) is 1.74. The van der Waals surface area contributed by atoms with E-state index in [1.54, 1.807) is 12.4 Å². The largest absolute Gasteiger partial charge is 0.390 e. The molecule has 0 spiro atoms. The van der Waals surface area contributed by atoms with Crippen LogP contribution in [0.1, 0.15) is 25.0 Å². The van der Waals surface area contributed by atoms with Crippen molar-refractivity contribution in [3.8, 4) is 0 Å². The second-order valence-electron chi connectivity index (χ2n) is 4.73. The number of nitrogens with one attached hydrogen (secondary N) is 1. The summed E-state index contributed by atoms with van der Waals surface area (Å²) in [6.07, 6.45) is 1.59. The molecule has 0 aliphatic carbocycles. The lowest BCUT2D eigenvalue weighted by atomic mass is 9.98. The number of amides is 1. The number of fused-ring (bicyclic) bond motifs is 1. The Kier molecular flexibility index (Phi) is 4.65. The van der Waals surface area contributed by atoms with E-state index in [-0.39, 0.29) is 12.3 Å². The minimum absolute atomic E-state index is 0.154. The average molecular weight is 274 g/mol. The van der Waals surface area contributed by atoms with Gasteiger partial charge < -0.3 is 15.5 Å². The number of pyridine rings is 1. The van der Waals surface area contributed by atoms with Crippen molar-refractivity contribution in [1.29, 1.82) is 0 Å². The fourth-order valence-corrected chi connectivity index (χ4v) is 2.14. The first-order chi connectivity index (χ1) is 9.59. The van der Waals surface area contributed by atoms with Crippen molar-refractivity contribution in [2.45, 2.75) is 25.6 Å². The summed E-state index contributed by atoms with van der Waals surface area (Å²) in [5, 5.41) is 24.6. The minimum atomic E-state index is -1.03. The molecule has 1 heterocycles. The van der Waals surface area contributed by atoms with Crippen molar-refractivity contribution in [3.05, 3.63) is 42.2 Å². The summed E-state index contributed by atoms with van der Waals surface area (Å²) in [5.41, 5.74) is 0.596. The molecule has 0 bridgehead atoms. The van der Waals surface area contributed by atoms with Crippen LogP contribution in [0.2, 0.25) is 0 Å². The second kappa shape index (κ2) is 6.45. The number of hydrogen-bond donors (Lipinski definition) is 3. The number of carbonyl (C=O) groups is 1. The Balaban J connectivity index is 2.14. The lowest BCUT2D eigenvalue weighted by Gasteiger charge is -2.19. The van der Waals surface area contributed by atoms with Crippen LogP contribution in [0.4, 0.5) is 0 Å². The molecule has 5 nitrogen and oxygen atoms in total. The Hall–Kier alpha value is -1.98. The molecule has 1 amide bonds. The van der Waals surface area contributed by atoms with Crippen LogP contribution in [0.5, 0.6) is 0 Å². The van der Waals surface area contributed by atoms with Crippen molar-refractivity contribution < 1.29 is 15.0 Å². The molecule has 0 saturated carbocycles. The highest BCUT2D eigenvalue weighted by Gasteiger charge is 2.20. The highest BCUT2D eigenvalue weighted by Crippen LogP contribution is 2.26. The summed E-state index contributed by atoms with van der Waals surface area (Å²) < 4.78 is 0. The van der Waals surface area contributed by atoms with E-state index >= 15 is 0 Å². The smallest absolute Gasteiger partial charge is 0.216 e. The molecule has 0 radical (unpaired) electrons. The Labute approximate surface area is 117 Å². The molecule has 3 N–H and O–H groups in total. The van der Waals surface area contributed by atoms with Crippen molar-refractivity contribution in [2.75, 3.05) is 6.54 Å². The van der Waals surface area contributed by atoms with E-state index in [0.29, 0.717) is 12.1 Å². The number of nitrogens with zero attached hydrogens (tertiary/aromatic N) is 1. The molecule has 0 fully saturated rings. The van der Waals surface area contributed by atoms with Gasteiger partial charge in [-0.25, -0.2) is 0 Å². The fourth-order valence-electron chi connectivity index (χ4n) is 2.14. The predicted octanol–water partition coefficient (Wildman–Crippen LogP) is 1.16. The molecule has 1 aromatic carbocycles. The average Bonchev–Trinajstić information content (AvgIpc) is 2.45. The van der Waals surface area contributed by atoms with E-state index in [1.807, 2.05) is 24.3 Å². The number of aliphatic hydroxyl groups excluding tert-OH is 2. The predicted molar refractivity (Wildman–Crippen MR) is 76.0 cm³/mol. The van der Waals surface area contributed by atoms with E-state index in [1.165, 1.54) is 6.92 Å². The number of aromatic nitrogens is 1. The Morgan fingerprint density at radius 3 is 2.80 bits per heavy atom. The number of aliphatic hydroxyl groups is 2. The van der Waals surface area contributed by atoms with Gasteiger partial charge in [0.05, 0.1) is 6.10 Å². The van der Waals surface area contributed by atoms with Gasteiger partial charge in [0.2, 0.25) is 5.91 Å². The maximum atomic E-state index is 10.8. The summed E-state index contributed by atoms with van der Waals surface area (Å²) in [5.74, 6) is -0.154. The standard InChI is InChI=1S/C15H18N2O3/c1-10(18)17-7-6-14(19)15(20)13-9-16-8-11-4-2-3-5-12(11)13/h2-5,8-9,14-15,19-20H,6-7H2,1H3,(H,17,18). The number of carbonyl (C=O) groups excluding carboxylic acids is 1. The molecule has 2 rings (SSSR count). The first-order valence-electron chi connectivity index (χ1n) is 6.53. The lowest BCUT2D eigenvalue weighted by molar-refractivity contribution is -0.119. The number of hydrogen-bond acceptors (Lipinski definition) is 4. The van der Waals surface area contributed by atoms with Crippen LogP contribution < -0.4 is 5.32 Å². The molecule has 0 aliphatic rings. The van der Waals surface area contributed by atoms with E-state index < -0.39 is 12.2 Å². The zero-order valence-corrected chi connectivity index (χ0v) is 11.3. The van der Waals surface area contributed by atoms with E-state index in [4.69, 9.17) is 0 Å². The third-order valence-corrected chi connectivity index (χ3v) is 3.20. The Bertz CT molecular complexity index is 595. The SMILES string of the molecule is CC(=O)NCCC(O)C(O)c1cncc2ccccc12. The first-order valence-corrected chi connectivity index (χ1v) is 6.53. The van der Waals surface area contributed by atoms with Gasteiger partial charge in [0.15, 0.2) is 0 Å². The van der Waals surface area contributed by atoms with Gasteiger partial charge in [-0.2, -0.15) is 0 Å². The van der Waals surface area contributed by atoms with Crippen LogP contribution in [-0.4, -0.2) is 33.8 Å². The van der Waals surface area contributed by atoms with Crippen molar-refractivity contribution in [3.63, 3.8) is 0 Å². The van der Waals surface area contributed by atoms with E-state index in [0.717, 1.165) is 10.8 Å². The van der Waals surface area contributed by atoms with Gasteiger partial charge in [-0.3, -0.25) is 9.78 Å². The van der Waals surface area contributed by atoms with Gasteiger partial charge in [0.1, 0.15) is 6.10 Å². The molecule has 2 aromatic rings. The molecule has 2 atom stereocenters. The highest BCUT2D eigenvalue weighted by molar-refractivity contribution is 5.84. The molecule has 106 valence electrons. The number of rotatable bonds is 5. The summed E-state index contributed by atoms with van der Waals surface area (Å²) in [6, 6.07) is 7.56. The van der Waals surface area contributed by atoms with Crippen LogP contribution in [0, 0.1) is 0 Å². The maximum Gasteiger partial charge on any atom is 0.216 e. The molecule has 20 heavy (non-hydrogen) atoms. The fraction of sp³-hybridized carbons (Fsp3) is 0.333. The monoisotopic (exact) mass is 274 g/mol. The molecular weight excluding hydrogens is 256 g/mol. The van der Waals surface area contributed by atoms with Gasteiger partial charge in [-0.05, 0) is 11.8 Å². The summed E-state index contributed by atoms with van der Waals surface area (Å²) in [4.78, 5) is 14.9. The van der Waals surface area contributed by atoms with Crippen LogP contribution in [0.15, 0.2) is 36.7 Å². The van der Waals surface area contributed by atoms with Crippen molar-refractivity contribution in [2.24, 2.45) is 0 Å². The van der Waals surface area contributed by atoms with Gasteiger partial charge in [-0.1, -0.05) is 24.3 Å². The van der Waals surface area contributed by atoms with E-state index in [9.17, 15) is 15.0 Å². The lowest BCUT2D eigenvalue weighted by Crippen LogP contribution is -2.27. The zero-order chi connectivity index (χ0) is 14.5. The quantitative estimate of drug-likeness (QED) is 0.764. The van der Waals surface area contributed by atoms with Gasteiger partial charge in [0, 0.05) is 36.8 Å². The molecule has 5 heteroatoms. The molecule has 1 aromatic heterocycles. The van der Waals surface area contributed by atoms with Crippen molar-refractivity contribution >= 4 is 16.7 Å².